The van der Waals surface area contributed by atoms with E-state index in [2.05, 4.69) is 9.82 Å². The third-order valence-corrected chi connectivity index (χ3v) is 6.47. The second kappa shape index (κ2) is 8.70. The van der Waals surface area contributed by atoms with E-state index in [1.165, 1.54) is 54.7 Å². The van der Waals surface area contributed by atoms with Crippen LogP contribution in [-0.4, -0.2) is 24.0 Å². The van der Waals surface area contributed by atoms with E-state index in [9.17, 15) is 22.0 Å². The molecular formula is C17H11Cl2F2N3O3S2. The van der Waals surface area contributed by atoms with Gasteiger partial charge in [0.25, 0.3) is 21.3 Å². The smallest absolute Gasteiger partial charge is 0.280 e. The van der Waals surface area contributed by atoms with Gasteiger partial charge in [-0.2, -0.15) is 18.6 Å². The molecule has 0 aliphatic carbocycles. The Morgan fingerprint density at radius 1 is 1.03 bits per heavy atom. The molecule has 0 amide bonds. The molecule has 0 aliphatic rings. The molecule has 152 valence electrons. The average molecular weight is 478 g/mol. The van der Waals surface area contributed by atoms with Crippen LogP contribution < -0.4 is 10.3 Å². The van der Waals surface area contributed by atoms with E-state index in [4.69, 9.17) is 23.2 Å². The van der Waals surface area contributed by atoms with Gasteiger partial charge in [-0.05, 0) is 48.5 Å². The summed E-state index contributed by atoms with van der Waals surface area (Å²) in [7, 11) is -3.93. The van der Waals surface area contributed by atoms with Crippen LogP contribution in [0, 0.1) is 0 Å². The fraction of sp³-hybridized carbons (Fsp3) is 0.0588. The lowest BCUT2D eigenvalue weighted by atomic mass is 10.3. The summed E-state index contributed by atoms with van der Waals surface area (Å²) in [5.41, 5.74) is -0.134. The lowest BCUT2D eigenvalue weighted by Crippen LogP contribution is -2.21. The predicted octanol–water partition coefficient (Wildman–Crippen LogP) is 4.65. The van der Waals surface area contributed by atoms with Gasteiger partial charge in [0.1, 0.15) is 5.02 Å². The Balaban J connectivity index is 1.82. The molecule has 1 aromatic heterocycles. The molecule has 0 atom stereocenters. The molecular weight excluding hydrogens is 467 g/mol. The second-order valence-corrected chi connectivity index (χ2v) is 9.06. The van der Waals surface area contributed by atoms with Crippen molar-refractivity contribution in [2.75, 3.05) is 4.72 Å². The van der Waals surface area contributed by atoms with Crippen molar-refractivity contribution in [3.63, 3.8) is 0 Å². The molecule has 0 unspecified atom stereocenters. The predicted molar refractivity (Wildman–Crippen MR) is 109 cm³/mol. The van der Waals surface area contributed by atoms with E-state index in [1.54, 1.807) is 0 Å². The zero-order valence-electron chi connectivity index (χ0n) is 14.2. The number of benzene rings is 2. The molecule has 0 saturated heterocycles. The van der Waals surface area contributed by atoms with Crippen molar-refractivity contribution in [1.82, 2.24) is 9.78 Å². The highest BCUT2D eigenvalue weighted by molar-refractivity contribution is 7.99. The van der Waals surface area contributed by atoms with Crippen LogP contribution in [0.1, 0.15) is 0 Å². The third kappa shape index (κ3) is 5.08. The van der Waals surface area contributed by atoms with Crippen LogP contribution in [0.3, 0.4) is 0 Å². The maximum Gasteiger partial charge on any atom is 0.291 e. The molecule has 0 spiro atoms. The van der Waals surface area contributed by atoms with Gasteiger partial charge in [0.15, 0.2) is 0 Å². The van der Waals surface area contributed by atoms with E-state index in [0.29, 0.717) is 22.3 Å². The fourth-order valence-corrected chi connectivity index (χ4v) is 4.09. The van der Waals surface area contributed by atoms with Crippen molar-refractivity contribution in [3.8, 4) is 5.69 Å². The Hall–Kier alpha value is -2.14. The quantitative estimate of drug-likeness (QED) is 0.522. The van der Waals surface area contributed by atoms with Gasteiger partial charge in [-0.1, -0.05) is 35.0 Å². The summed E-state index contributed by atoms with van der Waals surface area (Å²) < 4.78 is 53.1. The maximum absolute atomic E-state index is 12.5. The number of hydrogen-bond donors (Lipinski definition) is 1. The molecule has 12 heteroatoms. The van der Waals surface area contributed by atoms with Crippen molar-refractivity contribution < 1.29 is 17.2 Å². The number of aromatic nitrogens is 2. The maximum atomic E-state index is 12.5. The second-order valence-electron chi connectivity index (χ2n) is 5.53. The Labute approximate surface area is 178 Å². The minimum atomic E-state index is -3.93. The number of rotatable bonds is 6. The Kier molecular flexibility index (Phi) is 6.47. The van der Waals surface area contributed by atoms with Crippen molar-refractivity contribution >= 4 is 50.7 Å². The van der Waals surface area contributed by atoms with E-state index >= 15 is 0 Å². The minimum Gasteiger partial charge on any atom is -0.280 e. The first-order valence-electron chi connectivity index (χ1n) is 7.79. The summed E-state index contributed by atoms with van der Waals surface area (Å²) >= 11 is 11.9. The Morgan fingerprint density at radius 2 is 1.66 bits per heavy atom. The molecule has 3 rings (SSSR count). The van der Waals surface area contributed by atoms with Crippen molar-refractivity contribution in [2.45, 2.75) is 15.5 Å². The van der Waals surface area contributed by atoms with Crippen LogP contribution >= 0.6 is 35.0 Å². The normalized spacial score (nSPS) is 11.6. The number of sulfonamides is 1. The summed E-state index contributed by atoms with van der Waals surface area (Å²) in [6.45, 7) is 0. The number of alkyl halides is 2. The summed E-state index contributed by atoms with van der Waals surface area (Å²) in [5.74, 6) is -2.56. The van der Waals surface area contributed by atoms with E-state index in [1.807, 2.05) is 0 Å². The minimum absolute atomic E-state index is 0.00860. The molecule has 0 bridgehead atoms. The SMILES string of the molecule is O=c1c(Cl)c(Cl)cnn1-c1ccc(S(=O)(=O)Nc2ccc(SC(F)F)cc2)cc1. The molecule has 1 N–H and O–H groups in total. The first-order chi connectivity index (χ1) is 13.7. The molecule has 6 nitrogen and oxygen atoms in total. The van der Waals surface area contributed by atoms with Gasteiger partial charge in [-0.15, -0.1) is 0 Å². The highest BCUT2D eigenvalue weighted by Gasteiger charge is 2.16. The molecule has 29 heavy (non-hydrogen) atoms. The van der Waals surface area contributed by atoms with E-state index in [0.717, 1.165) is 4.68 Å². The topological polar surface area (TPSA) is 81.1 Å². The number of anilines is 1. The molecule has 1 heterocycles. The lowest BCUT2D eigenvalue weighted by molar-refractivity contribution is 0.252. The van der Waals surface area contributed by atoms with Crippen molar-refractivity contribution in [3.05, 3.63) is 75.1 Å². The Morgan fingerprint density at radius 3 is 2.24 bits per heavy atom. The standard InChI is InChI=1S/C17H11Cl2F2N3O3S2/c18-14-9-22-24(16(25)15(14)19)11-3-7-13(8-4-11)29(26,27)23-10-1-5-12(6-2-10)28-17(20)21/h1-9,17,23H. The van der Waals surface area contributed by atoms with Gasteiger partial charge in [0, 0.05) is 10.6 Å². The van der Waals surface area contributed by atoms with Crippen LogP contribution in [0.15, 0.2) is 69.3 Å². The third-order valence-electron chi connectivity index (χ3n) is 3.60. The largest absolute Gasteiger partial charge is 0.291 e. The van der Waals surface area contributed by atoms with Crippen molar-refractivity contribution in [2.24, 2.45) is 0 Å². The monoisotopic (exact) mass is 477 g/mol. The molecule has 0 saturated carbocycles. The zero-order chi connectivity index (χ0) is 21.2. The van der Waals surface area contributed by atoms with Crippen LogP contribution in [0.5, 0.6) is 0 Å². The summed E-state index contributed by atoms with van der Waals surface area (Å²) in [5, 5.41) is 3.67. The van der Waals surface area contributed by atoms with Gasteiger partial charge in [-0.3, -0.25) is 9.52 Å². The van der Waals surface area contributed by atoms with Gasteiger partial charge in [0.05, 0.1) is 21.8 Å². The average Bonchev–Trinajstić information content (AvgIpc) is 2.67. The number of nitrogens with zero attached hydrogens (tertiary/aromatic N) is 2. The summed E-state index contributed by atoms with van der Waals surface area (Å²) in [6.07, 6.45) is 1.20. The van der Waals surface area contributed by atoms with Gasteiger partial charge < -0.3 is 0 Å². The van der Waals surface area contributed by atoms with E-state index in [-0.39, 0.29) is 20.6 Å². The lowest BCUT2D eigenvalue weighted by Gasteiger charge is -2.10. The van der Waals surface area contributed by atoms with Gasteiger partial charge in [0.2, 0.25) is 0 Å². The number of thioether (sulfide) groups is 1. The number of hydrogen-bond acceptors (Lipinski definition) is 5. The molecule has 3 aromatic rings. The molecule has 0 aliphatic heterocycles. The van der Waals surface area contributed by atoms with Crippen LogP contribution in [0.4, 0.5) is 14.5 Å². The first-order valence-corrected chi connectivity index (χ1v) is 10.9. The molecule has 0 radical (unpaired) electrons. The van der Waals surface area contributed by atoms with Crippen LogP contribution in [-0.2, 0) is 10.0 Å². The summed E-state index contributed by atoms with van der Waals surface area (Å²) in [6, 6.07) is 10.9. The molecule has 2 aromatic carbocycles. The Bertz CT molecular complexity index is 1190. The van der Waals surface area contributed by atoms with Gasteiger partial charge in [-0.25, -0.2) is 8.42 Å². The van der Waals surface area contributed by atoms with Crippen LogP contribution in [0.2, 0.25) is 10.0 Å². The summed E-state index contributed by atoms with van der Waals surface area (Å²) in [4.78, 5) is 12.4. The first kappa shape index (κ1) is 21.6. The fourth-order valence-electron chi connectivity index (χ4n) is 2.28. The zero-order valence-corrected chi connectivity index (χ0v) is 17.4. The number of nitrogens with one attached hydrogen (secondary N) is 1. The van der Waals surface area contributed by atoms with E-state index < -0.39 is 21.3 Å². The highest BCUT2D eigenvalue weighted by atomic mass is 35.5. The number of halogens is 4. The van der Waals surface area contributed by atoms with Gasteiger partial charge >= 0.3 is 0 Å². The molecule has 0 fully saturated rings. The van der Waals surface area contributed by atoms with Crippen molar-refractivity contribution in [1.29, 1.82) is 0 Å². The highest BCUT2D eigenvalue weighted by Crippen LogP contribution is 2.27. The van der Waals surface area contributed by atoms with Crippen LogP contribution in [0.25, 0.3) is 5.69 Å².